The molecule has 25 heavy (non-hydrogen) atoms. The number of rotatable bonds is 3. The van der Waals surface area contributed by atoms with E-state index in [1.165, 1.54) is 71.0 Å². The number of likely N-dealkylation sites (tertiary alicyclic amines) is 2. The van der Waals surface area contributed by atoms with Gasteiger partial charge in [-0.15, -0.1) is 24.8 Å². The minimum Gasteiger partial charge on any atom is -0.341 e. The van der Waals surface area contributed by atoms with Gasteiger partial charge in [0, 0.05) is 25.7 Å². The fraction of sp³-hybridized carbons (Fsp3) is 0.947. The summed E-state index contributed by atoms with van der Waals surface area (Å²) < 4.78 is 0. The van der Waals surface area contributed by atoms with E-state index < -0.39 is 0 Å². The summed E-state index contributed by atoms with van der Waals surface area (Å²) in [6.45, 7) is 5.76. The lowest BCUT2D eigenvalue weighted by Gasteiger charge is -2.29. The van der Waals surface area contributed by atoms with Gasteiger partial charge in [0.15, 0.2) is 0 Å². The van der Waals surface area contributed by atoms with Gasteiger partial charge >= 0.3 is 0 Å². The number of hydrogen-bond donors (Lipinski definition) is 1. The molecule has 1 aliphatic carbocycles. The number of fused-ring (bicyclic) bond motifs is 1. The van der Waals surface area contributed by atoms with E-state index in [0.29, 0.717) is 17.9 Å². The smallest absolute Gasteiger partial charge is 0.239 e. The van der Waals surface area contributed by atoms with Gasteiger partial charge in [-0.2, -0.15) is 0 Å². The summed E-state index contributed by atoms with van der Waals surface area (Å²) in [6, 6.07) is 0.751. The van der Waals surface area contributed by atoms with Crippen molar-refractivity contribution in [2.24, 2.45) is 11.8 Å². The topological polar surface area (TPSA) is 35.6 Å². The van der Waals surface area contributed by atoms with Crippen LogP contribution in [0, 0.1) is 11.8 Å². The Morgan fingerprint density at radius 3 is 2.44 bits per heavy atom. The highest BCUT2D eigenvalue weighted by Gasteiger charge is 2.41. The van der Waals surface area contributed by atoms with E-state index in [0.717, 1.165) is 25.4 Å². The first-order valence-corrected chi connectivity index (χ1v) is 10.1. The Hall–Kier alpha value is -0.0300. The van der Waals surface area contributed by atoms with Crippen molar-refractivity contribution in [2.45, 2.75) is 69.9 Å². The van der Waals surface area contributed by atoms with Gasteiger partial charge in [-0.1, -0.05) is 19.3 Å². The third-order valence-corrected chi connectivity index (χ3v) is 6.72. The fourth-order valence-electron chi connectivity index (χ4n) is 5.42. The Balaban J connectivity index is 0.00000113. The summed E-state index contributed by atoms with van der Waals surface area (Å²) in [5, 5.41) is 3.66. The number of halogens is 2. The second-order valence-electron chi connectivity index (χ2n) is 8.41. The van der Waals surface area contributed by atoms with Crippen LogP contribution in [-0.4, -0.2) is 60.5 Å². The number of amides is 1. The quantitative estimate of drug-likeness (QED) is 0.802. The molecule has 0 aromatic heterocycles. The number of carbonyl (C=O) groups is 1. The van der Waals surface area contributed by atoms with Crippen LogP contribution in [0.3, 0.4) is 0 Å². The number of piperidine rings is 1. The molecule has 4 aliphatic rings. The molecule has 4 fully saturated rings. The predicted molar refractivity (Wildman–Crippen MR) is 107 cm³/mol. The Labute approximate surface area is 165 Å². The summed E-state index contributed by atoms with van der Waals surface area (Å²) in [5.74, 6) is 1.88. The second-order valence-corrected chi connectivity index (χ2v) is 8.41. The molecular formula is C19H35Cl2N3O. The molecule has 146 valence electrons. The molecule has 1 amide bonds. The molecule has 4 nitrogen and oxygen atoms in total. The third kappa shape index (κ3) is 5.03. The average molecular weight is 392 g/mol. The van der Waals surface area contributed by atoms with Crippen LogP contribution in [0.5, 0.6) is 0 Å². The first-order valence-electron chi connectivity index (χ1n) is 10.1. The van der Waals surface area contributed by atoms with E-state index in [1.807, 2.05) is 0 Å². The summed E-state index contributed by atoms with van der Waals surface area (Å²) >= 11 is 0. The predicted octanol–water partition coefficient (Wildman–Crippen LogP) is 3.09. The first kappa shape index (κ1) is 21.3. The molecule has 3 saturated heterocycles. The lowest BCUT2D eigenvalue weighted by atomic mass is 9.85. The first-order chi connectivity index (χ1) is 11.3. The standard InChI is InChI=1S/C19H33N3O.2ClH/c23-19(18-12-16-6-2-3-7-17(16)20-18)22-11-8-15(14-22)13-21-9-4-1-5-10-21;;/h15-18,20H,1-14H2;2*1H. The van der Waals surface area contributed by atoms with Gasteiger partial charge in [0.1, 0.15) is 0 Å². The van der Waals surface area contributed by atoms with Crippen molar-refractivity contribution in [3.8, 4) is 0 Å². The van der Waals surface area contributed by atoms with Crippen molar-refractivity contribution >= 4 is 30.7 Å². The van der Waals surface area contributed by atoms with Crippen LogP contribution in [0.1, 0.15) is 57.8 Å². The molecule has 4 unspecified atom stereocenters. The molecule has 0 aromatic carbocycles. The van der Waals surface area contributed by atoms with E-state index in [-0.39, 0.29) is 30.9 Å². The lowest BCUT2D eigenvalue weighted by molar-refractivity contribution is -0.132. The Kier molecular flexibility index (Phi) is 8.32. The summed E-state index contributed by atoms with van der Waals surface area (Å²) in [6.07, 6.45) is 11.8. The minimum absolute atomic E-state index is 0. The van der Waals surface area contributed by atoms with Crippen LogP contribution in [0.2, 0.25) is 0 Å². The third-order valence-electron chi connectivity index (χ3n) is 6.72. The normalized spacial score (nSPS) is 35.6. The maximum absolute atomic E-state index is 12.9. The monoisotopic (exact) mass is 391 g/mol. The van der Waals surface area contributed by atoms with Crippen molar-refractivity contribution in [3.05, 3.63) is 0 Å². The van der Waals surface area contributed by atoms with Crippen molar-refractivity contribution in [3.63, 3.8) is 0 Å². The molecule has 0 bridgehead atoms. The molecule has 3 heterocycles. The zero-order valence-corrected chi connectivity index (χ0v) is 17.0. The molecule has 0 aromatic rings. The second kappa shape index (κ2) is 9.77. The Morgan fingerprint density at radius 2 is 1.68 bits per heavy atom. The van der Waals surface area contributed by atoms with Gasteiger partial charge in [-0.05, 0) is 63.5 Å². The molecule has 0 spiro atoms. The highest BCUT2D eigenvalue weighted by Crippen LogP contribution is 2.34. The van der Waals surface area contributed by atoms with Crippen LogP contribution in [0.4, 0.5) is 0 Å². The van der Waals surface area contributed by atoms with Crippen LogP contribution in [0.25, 0.3) is 0 Å². The van der Waals surface area contributed by atoms with Gasteiger partial charge < -0.3 is 15.1 Å². The molecule has 3 aliphatic heterocycles. The summed E-state index contributed by atoms with van der Waals surface area (Å²) in [5.41, 5.74) is 0. The molecule has 0 radical (unpaired) electrons. The SMILES string of the molecule is Cl.Cl.O=C(C1CC2CCCCC2N1)N1CCC(CN2CCCCC2)C1. The maximum atomic E-state index is 12.9. The van der Waals surface area contributed by atoms with Gasteiger partial charge in [0.25, 0.3) is 0 Å². The number of nitrogens with zero attached hydrogens (tertiary/aromatic N) is 2. The van der Waals surface area contributed by atoms with Gasteiger partial charge in [0.2, 0.25) is 5.91 Å². The number of hydrogen-bond acceptors (Lipinski definition) is 3. The molecule has 6 heteroatoms. The Morgan fingerprint density at radius 1 is 0.920 bits per heavy atom. The van der Waals surface area contributed by atoms with Crippen LogP contribution in [0.15, 0.2) is 0 Å². The van der Waals surface area contributed by atoms with E-state index in [4.69, 9.17) is 0 Å². The Bertz CT molecular complexity index is 417. The molecule has 1 saturated carbocycles. The van der Waals surface area contributed by atoms with E-state index in [2.05, 4.69) is 15.1 Å². The average Bonchev–Trinajstić information content (AvgIpc) is 3.21. The highest BCUT2D eigenvalue weighted by molar-refractivity contribution is 5.85. The zero-order valence-electron chi connectivity index (χ0n) is 15.3. The van der Waals surface area contributed by atoms with Gasteiger partial charge in [-0.3, -0.25) is 4.79 Å². The largest absolute Gasteiger partial charge is 0.341 e. The van der Waals surface area contributed by atoms with Gasteiger partial charge in [-0.25, -0.2) is 0 Å². The van der Waals surface area contributed by atoms with Crippen LogP contribution in [-0.2, 0) is 4.79 Å². The fourth-order valence-corrected chi connectivity index (χ4v) is 5.42. The molecule has 4 rings (SSSR count). The highest BCUT2D eigenvalue weighted by atomic mass is 35.5. The van der Waals surface area contributed by atoms with Crippen LogP contribution < -0.4 is 5.32 Å². The van der Waals surface area contributed by atoms with Crippen molar-refractivity contribution in [1.29, 1.82) is 0 Å². The minimum atomic E-state index is 0. The van der Waals surface area contributed by atoms with E-state index in [9.17, 15) is 4.79 Å². The zero-order chi connectivity index (χ0) is 15.6. The molecule has 1 N–H and O–H groups in total. The van der Waals surface area contributed by atoms with Gasteiger partial charge in [0.05, 0.1) is 6.04 Å². The number of carbonyl (C=O) groups excluding carboxylic acids is 1. The van der Waals surface area contributed by atoms with E-state index in [1.54, 1.807) is 0 Å². The maximum Gasteiger partial charge on any atom is 0.239 e. The summed E-state index contributed by atoms with van der Waals surface area (Å²) in [4.78, 5) is 17.7. The van der Waals surface area contributed by atoms with Crippen molar-refractivity contribution in [1.82, 2.24) is 15.1 Å². The van der Waals surface area contributed by atoms with E-state index >= 15 is 0 Å². The van der Waals surface area contributed by atoms with Crippen molar-refractivity contribution in [2.75, 3.05) is 32.7 Å². The molecular weight excluding hydrogens is 357 g/mol. The van der Waals surface area contributed by atoms with Crippen LogP contribution >= 0.6 is 24.8 Å². The van der Waals surface area contributed by atoms with Crippen molar-refractivity contribution < 1.29 is 4.79 Å². The lowest BCUT2D eigenvalue weighted by Crippen LogP contribution is -2.45. The summed E-state index contributed by atoms with van der Waals surface area (Å²) in [7, 11) is 0. The molecule has 4 atom stereocenters. The number of nitrogens with one attached hydrogen (secondary N) is 1.